The number of hydrogen-bond donors (Lipinski definition) is 1. The highest BCUT2D eigenvalue weighted by Crippen LogP contribution is 2.25. The third kappa shape index (κ3) is 5.99. The van der Waals surface area contributed by atoms with Crippen molar-refractivity contribution in [1.82, 2.24) is 15.1 Å². The Bertz CT molecular complexity index is 957. The molecule has 2 heterocycles. The molecule has 0 atom stereocenters. The van der Waals surface area contributed by atoms with E-state index in [1.807, 2.05) is 18.2 Å². The Hall–Kier alpha value is -2.57. The average molecular weight is 477 g/mol. The van der Waals surface area contributed by atoms with Gasteiger partial charge in [-0.05, 0) is 56.0 Å². The van der Waals surface area contributed by atoms with Crippen LogP contribution in [0.25, 0.3) is 0 Å². The highest BCUT2D eigenvalue weighted by atomic mass is 16.5. The van der Waals surface area contributed by atoms with Gasteiger partial charge in [0.1, 0.15) is 5.75 Å². The molecule has 2 aromatic rings. The summed E-state index contributed by atoms with van der Waals surface area (Å²) < 4.78 is 5.53. The van der Waals surface area contributed by atoms with Crippen molar-refractivity contribution >= 4 is 11.6 Å². The Morgan fingerprint density at radius 3 is 2.26 bits per heavy atom. The zero-order valence-corrected chi connectivity index (χ0v) is 21.1. The number of hydrogen-bond acceptors (Lipinski definition) is 5. The van der Waals surface area contributed by atoms with Gasteiger partial charge in [-0.15, -0.1) is 0 Å². The number of benzene rings is 2. The molecule has 35 heavy (non-hydrogen) atoms. The highest BCUT2D eigenvalue weighted by Gasteiger charge is 2.28. The first kappa shape index (κ1) is 24.1. The molecule has 1 N–H and O–H groups in total. The molecule has 5 rings (SSSR count). The molecule has 2 aliphatic heterocycles. The van der Waals surface area contributed by atoms with Crippen molar-refractivity contribution in [2.75, 3.05) is 51.3 Å². The molecule has 0 unspecified atom stereocenters. The lowest BCUT2D eigenvalue weighted by Gasteiger charge is -2.43. The number of rotatable bonds is 7. The second kappa shape index (κ2) is 11.4. The van der Waals surface area contributed by atoms with Gasteiger partial charge in [0.2, 0.25) is 0 Å². The van der Waals surface area contributed by atoms with E-state index in [-0.39, 0.29) is 5.91 Å². The zero-order chi connectivity index (χ0) is 24.0. The molecule has 6 nitrogen and oxygen atoms in total. The van der Waals surface area contributed by atoms with Crippen LogP contribution >= 0.6 is 0 Å². The van der Waals surface area contributed by atoms with Crippen LogP contribution in [0.2, 0.25) is 0 Å². The minimum Gasteiger partial charge on any atom is -0.496 e. The number of nitrogens with one attached hydrogen (secondary N) is 1. The number of ether oxygens (including phenoxy) is 1. The maximum Gasteiger partial charge on any atom is 0.251 e. The average Bonchev–Trinajstić information content (AvgIpc) is 3.43. The quantitative estimate of drug-likeness (QED) is 0.651. The van der Waals surface area contributed by atoms with Crippen molar-refractivity contribution in [3.8, 4) is 5.75 Å². The maximum absolute atomic E-state index is 12.5. The highest BCUT2D eigenvalue weighted by molar-refractivity contribution is 5.94. The molecule has 1 amide bonds. The van der Waals surface area contributed by atoms with E-state index in [1.54, 1.807) is 7.11 Å². The number of carbonyl (C=O) groups is 1. The fourth-order valence-electron chi connectivity index (χ4n) is 6.01. The minimum atomic E-state index is 0.0759. The maximum atomic E-state index is 12.5. The summed E-state index contributed by atoms with van der Waals surface area (Å²) in [5.41, 5.74) is 3.29. The lowest BCUT2D eigenvalue weighted by Crippen LogP contribution is -2.53. The summed E-state index contributed by atoms with van der Waals surface area (Å²) in [5.74, 6) is 1.07. The SMILES string of the molecule is COc1ccccc1CN1CCN(C2CCN(c3ccc(C(=O)NC4CCCC4)cc3)CC2)CC1. The van der Waals surface area contributed by atoms with Crippen LogP contribution in [0.1, 0.15) is 54.4 Å². The largest absolute Gasteiger partial charge is 0.496 e. The van der Waals surface area contributed by atoms with E-state index in [4.69, 9.17) is 4.74 Å². The van der Waals surface area contributed by atoms with Gasteiger partial charge in [0, 0.05) is 74.7 Å². The molecular weight excluding hydrogens is 436 g/mol. The Kier molecular flexibility index (Phi) is 7.89. The predicted molar refractivity (Wildman–Crippen MR) is 141 cm³/mol. The Morgan fingerprint density at radius 1 is 0.886 bits per heavy atom. The molecule has 3 fully saturated rings. The third-order valence-corrected chi connectivity index (χ3v) is 8.16. The summed E-state index contributed by atoms with van der Waals surface area (Å²) in [6, 6.07) is 17.6. The number of anilines is 1. The lowest BCUT2D eigenvalue weighted by atomic mass is 10.0. The van der Waals surface area contributed by atoms with E-state index in [0.29, 0.717) is 12.1 Å². The van der Waals surface area contributed by atoms with Crippen LogP contribution in [0.4, 0.5) is 5.69 Å². The standard InChI is InChI=1S/C29H40N4O2/c1-35-28-9-5-2-6-24(28)22-31-18-20-33(21-19-31)27-14-16-32(17-15-27)26-12-10-23(11-13-26)29(34)30-25-7-3-4-8-25/h2,5-6,9-13,25,27H,3-4,7-8,14-22H2,1H3,(H,30,34). The summed E-state index contributed by atoms with van der Waals surface area (Å²) in [6.07, 6.45) is 7.12. The zero-order valence-electron chi connectivity index (χ0n) is 21.1. The number of amides is 1. The third-order valence-electron chi connectivity index (χ3n) is 8.16. The topological polar surface area (TPSA) is 48.1 Å². The number of piperidine rings is 1. The van der Waals surface area contributed by atoms with Gasteiger partial charge in [-0.25, -0.2) is 0 Å². The van der Waals surface area contributed by atoms with Gasteiger partial charge < -0.3 is 15.0 Å². The van der Waals surface area contributed by atoms with E-state index in [0.717, 1.165) is 70.0 Å². The van der Waals surface area contributed by atoms with Crippen molar-refractivity contribution in [3.63, 3.8) is 0 Å². The van der Waals surface area contributed by atoms with Crippen LogP contribution in [0, 0.1) is 0 Å². The molecule has 0 aromatic heterocycles. The summed E-state index contributed by atoms with van der Waals surface area (Å²) in [6.45, 7) is 7.64. The van der Waals surface area contributed by atoms with Gasteiger partial charge in [-0.1, -0.05) is 31.0 Å². The van der Waals surface area contributed by atoms with Crippen molar-refractivity contribution in [1.29, 1.82) is 0 Å². The fourth-order valence-corrected chi connectivity index (χ4v) is 6.01. The predicted octanol–water partition coefficient (Wildman–Crippen LogP) is 4.15. The summed E-state index contributed by atoms with van der Waals surface area (Å²) in [4.78, 5) is 20.3. The number of methoxy groups -OCH3 is 1. The Morgan fingerprint density at radius 2 is 1.57 bits per heavy atom. The van der Waals surface area contributed by atoms with Gasteiger partial charge in [0.15, 0.2) is 0 Å². The molecule has 2 saturated heterocycles. The smallest absolute Gasteiger partial charge is 0.251 e. The normalized spacial score (nSPS) is 20.8. The van der Waals surface area contributed by atoms with Crippen LogP contribution in [0.15, 0.2) is 48.5 Å². The molecule has 1 saturated carbocycles. The van der Waals surface area contributed by atoms with E-state index >= 15 is 0 Å². The lowest BCUT2D eigenvalue weighted by molar-refractivity contribution is 0.0807. The van der Waals surface area contributed by atoms with Gasteiger partial charge >= 0.3 is 0 Å². The van der Waals surface area contributed by atoms with Gasteiger partial charge in [-0.2, -0.15) is 0 Å². The first-order chi connectivity index (χ1) is 17.2. The van der Waals surface area contributed by atoms with Crippen molar-refractivity contribution in [2.45, 2.75) is 57.2 Å². The Balaban J connectivity index is 1.06. The molecule has 0 radical (unpaired) electrons. The van der Waals surface area contributed by atoms with E-state index < -0.39 is 0 Å². The number of nitrogens with zero attached hydrogens (tertiary/aromatic N) is 3. The van der Waals surface area contributed by atoms with Crippen molar-refractivity contribution in [2.24, 2.45) is 0 Å². The molecular formula is C29H40N4O2. The molecule has 6 heteroatoms. The van der Waals surface area contributed by atoms with Crippen molar-refractivity contribution < 1.29 is 9.53 Å². The summed E-state index contributed by atoms with van der Waals surface area (Å²) in [7, 11) is 1.76. The molecule has 188 valence electrons. The first-order valence-electron chi connectivity index (χ1n) is 13.4. The van der Waals surface area contributed by atoms with E-state index in [2.05, 4.69) is 50.3 Å². The summed E-state index contributed by atoms with van der Waals surface area (Å²) >= 11 is 0. The van der Waals surface area contributed by atoms with Gasteiger partial charge in [0.05, 0.1) is 7.11 Å². The van der Waals surface area contributed by atoms with Crippen LogP contribution in [0.5, 0.6) is 5.75 Å². The van der Waals surface area contributed by atoms with Gasteiger partial charge in [-0.3, -0.25) is 14.6 Å². The fraction of sp³-hybridized carbons (Fsp3) is 0.552. The van der Waals surface area contributed by atoms with Crippen molar-refractivity contribution in [3.05, 3.63) is 59.7 Å². The van der Waals surface area contributed by atoms with Crippen LogP contribution < -0.4 is 15.0 Å². The van der Waals surface area contributed by atoms with Crippen LogP contribution in [-0.4, -0.2) is 74.2 Å². The van der Waals surface area contributed by atoms with E-state index in [9.17, 15) is 4.79 Å². The molecule has 0 spiro atoms. The molecule has 1 aliphatic carbocycles. The number of piperazine rings is 1. The molecule has 2 aromatic carbocycles. The second-order valence-corrected chi connectivity index (χ2v) is 10.3. The number of para-hydroxylation sites is 1. The monoisotopic (exact) mass is 476 g/mol. The Labute approximate surface area is 210 Å². The summed E-state index contributed by atoms with van der Waals surface area (Å²) in [5, 5.41) is 3.19. The molecule has 0 bridgehead atoms. The first-order valence-corrected chi connectivity index (χ1v) is 13.4. The van der Waals surface area contributed by atoms with Gasteiger partial charge in [0.25, 0.3) is 5.91 Å². The minimum absolute atomic E-state index is 0.0759. The second-order valence-electron chi connectivity index (χ2n) is 10.3. The van der Waals surface area contributed by atoms with Crippen LogP contribution in [0.3, 0.4) is 0 Å². The molecule has 3 aliphatic rings. The van der Waals surface area contributed by atoms with Crippen LogP contribution in [-0.2, 0) is 6.54 Å². The number of carbonyl (C=O) groups excluding carboxylic acids is 1. The van der Waals surface area contributed by atoms with E-state index in [1.165, 1.54) is 36.9 Å².